The molecule has 6 heteroatoms. The molecule has 0 aliphatic carbocycles. The number of rotatable bonds is 2. The SMILES string of the molecule is CN(C)S(=O)(=O)N1CCCC1=O. The fraction of sp³-hybridized carbons (Fsp3) is 0.833. The molecule has 0 saturated carbocycles. The van der Waals surface area contributed by atoms with E-state index in [1.807, 2.05) is 0 Å². The van der Waals surface area contributed by atoms with Crippen LogP contribution in [-0.2, 0) is 15.0 Å². The Morgan fingerprint density at radius 3 is 2.33 bits per heavy atom. The summed E-state index contributed by atoms with van der Waals surface area (Å²) in [6.07, 6.45) is 0.971. The zero-order valence-electron chi connectivity index (χ0n) is 7.15. The summed E-state index contributed by atoms with van der Waals surface area (Å²) in [6, 6.07) is 0. The van der Waals surface area contributed by atoms with Gasteiger partial charge < -0.3 is 0 Å². The number of hydrogen-bond donors (Lipinski definition) is 0. The molecule has 1 saturated heterocycles. The molecule has 0 radical (unpaired) electrons. The summed E-state index contributed by atoms with van der Waals surface area (Å²) in [5.41, 5.74) is 0. The monoisotopic (exact) mass is 192 g/mol. The Morgan fingerprint density at radius 2 is 2.00 bits per heavy atom. The molecule has 1 heterocycles. The van der Waals surface area contributed by atoms with E-state index in [-0.39, 0.29) is 5.91 Å². The van der Waals surface area contributed by atoms with E-state index < -0.39 is 10.2 Å². The minimum atomic E-state index is -3.51. The fourth-order valence-electron chi connectivity index (χ4n) is 1.06. The maximum Gasteiger partial charge on any atom is 0.305 e. The Kier molecular flexibility index (Phi) is 2.39. The van der Waals surface area contributed by atoms with Crippen LogP contribution in [0.5, 0.6) is 0 Å². The van der Waals surface area contributed by atoms with Crippen molar-refractivity contribution in [2.75, 3.05) is 20.6 Å². The van der Waals surface area contributed by atoms with E-state index in [4.69, 9.17) is 0 Å². The Bertz CT molecular complexity index is 283. The molecule has 1 aliphatic rings. The first-order chi connectivity index (χ1) is 5.46. The lowest BCUT2D eigenvalue weighted by Crippen LogP contribution is -2.40. The van der Waals surface area contributed by atoms with Gasteiger partial charge in [0.25, 0.3) is 0 Å². The van der Waals surface area contributed by atoms with Crippen molar-refractivity contribution in [1.82, 2.24) is 8.61 Å². The molecule has 0 atom stereocenters. The molecule has 0 aromatic carbocycles. The molecule has 12 heavy (non-hydrogen) atoms. The van der Waals surface area contributed by atoms with Crippen LogP contribution in [0.1, 0.15) is 12.8 Å². The van der Waals surface area contributed by atoms with Gasteiger partial charge >= 0.3 is 10.2 Å². The second kappa shape index (κ2) is 3.02. The van der Waals surface area contributed by atoms with E-state index in [1.165, 1.54) is 14.1 Å². The third kappa shape index (κ3) is 1.44. The summed E-state index contributed by atoms with van der Waals surface area (Å²) in [5.74, 6) is -0.302. The van der Waals surface area contributed by atoms with Crippen molar-refractivity contribution in [3.8, 4) is 0 Å². The Balaban J connectivity index is 2.89. The van der Waals surface area contributed by atoms with Gasteiger partial charge in [0.15, 0.2) is 0 Å². The van der Waals surface area contributed by atoms with Crippen molar-refractivity contribution in [1.29, 1.82) is 0 Å². The van der Waals surface area contributed by atoms with E-state index in [0.29, 0.717) is 19.4 Å². The molecule has 0 aromatic rings. The first kappa shape index (κ1) is 9.47. The highest BCUT2D eigenvalue weighted by molar-refractivity contribution is 7.87. The normalized spacial score (nSPS) is 19.2. The summed E-state index contributed by atoms with van der Waals surface area (Å²) in [6.45, 7) is 0.319. The van der Waals surface area contributed by atoms with Crippen molar-refractivity contribution in [3.05, 3.63) is 0 Å². The Labute approximate surface area is 72.1 Å². The van der Waals surface area contributed by atoms with E-state index in [0.717, 1.165) is 8.61 Å². The number of nitrogens with zero attached hydrogens (tertiary/aromatic N) is 2. The quantitative estimate of drug-likeness (QED) is 0.588. The van der Waals surface area contributed by atoms with Crippen LogP contribution in [0.2, 0.25) is 0 Å². The third-order valence-corrected chi connectivity index (χ3v) is 3.64. The van der Waals surface area contributed by atoms with Crippen LogP contribution >= 0.6 is 0 Å². The lowest BCUT2D eigenvalue weighted by molar-refractivity contribution is -0.123. The first-order valence-electron chi connectivity index (χ1n) is 3.69. The van der Waals surface area contributed by atoms with Crippen molar-refractivity contribution in [2.45, 2.75) is 12.8 Å². The molecular formula is C6H12N2O3S. The summed E-state index contributed by atoms with van der Waals surface area (Å²) in [7, 11) is -0.673. The molecular weight excluding hydrogens is 180 g/mol. The topological polar surface area (TPSA) is 57.7 Å². The Hall–Kier alpha value is -0.620. The molecule has 0 unspecified atom stereocenters. The number of hydrogen-bond acceptors (Lipinski definition) is 3. The third-order valence-electron chi connectivity index (χ3n) is 1.77. The standard InChI is InChI=1S/C6H12N2O3S/c1-7(2)12(10,11)8-5-3-4-6(8)9/h3-5H2,1-2H3. The second-order valence-electron chi connectivity index (χ2n) is 2.86. The van der Waals surface area contributed by atoms with Crippen molar-refractivity contribution >= 4 is 16.1 Å². The van der Waals surface area contributed by atoms with Gasteiger partial charge in [-0.05, 0) is 6.42 Å². The van der Waals surface area contributed by atoms with Gasteiger partial charge in [-0.1, -0.05) is 0 Å². The lowest BCUT2D eigenvalue weighted by atomic mass is 10.4. The molecule has 1 rings (SSSR count). The molecule has 70 valence electrons. The van der Waals surface area contributed by atoms with Crippen molar-refractivity contribution in [3.63, 3.8) is 0 Å². The Morgan fingerprint density at radius 1 is 1.42 bits per heavy atom. The average Bonchev–Trinajstić information content (AvgIpc) is 2.35. The highest BCUT2D eigenvalue weighted by Gasteiger charge is 2.32. The zero-order chi connectivity index (χ0) is 9.35. The van der Waals surface area contributed by atoms with Crippen LogP contribution in [0.15, 0.2) is 0 Å². The summed E-state index contributed by atoms with van der Waals surface area (Å²) >= 11 is 0. The van der Waals surface area contributed by atoms with Gasteiger partial charge in [-0.3, -0.25) is 4.79 Å². The predicted octanol–water partition coefficient (Wildman–Crippen LogP) is -0.585. The minimum absolute atomic E-state index is 0.302. The summed E-state index contributed by atoms with van der Waals surface area (Å²) < 4.78 is 24.7. The highest BCUT2D eigenvalue weighted by atomic mass is 32.2. The van der Waals surface area contributed by atoms with Crippen LogP contribution < -0.4 is 0 Å². The molecule has 1 fully saturated rings. The van der Waals surface area contributed by atoms with Gasteiger partial charge in [-0.2, -0.15) is 12.7 Å². The summed E-state index contributed by atoms with van der Waals surface area (Å²) in [4.78, 5) is 11.0. The molecule has 1 amide bonds. The molecule has 0 spiro atoms. The van der Waals surface area contributed by atoms with Crippen LogP contribution in [0.3, 0.4) is 0 Å². The zero-order valence-corrected chi connectivity index (χ0v) is 7.97. The van der Waals surface area contributed by atoms with E-state index in [1.54, 1.807) is 0 Å². The van der Waals surface area contributed by atoms with Gasteiger partial charge in [0, 0.05) is 27.1 Å². The maximum atomic E-state index is 11.4. The number of carbonyl (C=O) groups excluding carboxylic acids is 1. The maximum absolute atomic E-state index is 11.4. The molecule has 0 N–H and O–H groups in total. The van der Waals surface area contributed by atoms with Crippen molar-refractivity contribution < 1.29 is 13.2 Å². The first-order valence-corrected chi connectivity index (χ1v) is 5.09. The van der Waals surface area contributed by atoms with Gasteiger partial charge in [-0.15, -0.1) is 0 Å². The molecule has 1 aliphatic heterocycles. The highest BCUT2D eigenvalue weighted by Crippen LogP contribution is 2.15. The van der Waals surface area contributed by atoms with E-state index >= 15 is 0 Å². The molecule has 5 nitrogen and oxygen atoms in total. The fourth-order valence-corrected chi connectivity index (χ4v) is 2.17. The molecule has 0 bridgehead atoms. The van der Waals surface area contributed by atoms with Gasteiger partial charge in [0.1, 0.15) is 0 Å². The number of amides is 1. The van der Waals surface area contributed by atoms with E-state index in [2.05, 4.69) is 0 Å². The second-order valence-corrected chi connectivity index (χ2v) is 4.93. The van der Waals surface area contributed by atoms with Gasteiger partial charge in [0.2, 0.25) is 5.91 Å². The summed E-state index contributed by atoms with van der Waals surface area (Å²) in [5, 5.41) is 0. The van der Waals surface area contributed by atoms with Gasteiger partial charge in [0.05, 0.1) is 0 Å². The number of carbonyl (C=O) groups is 1. The van der Waals surface area contributed by atoms with Crippen molar-refractivity contribution in [2.24, 2.45) is 0 Å². The van der Waals surface area contributed by atoms with E-state index in [9.17, 15) is 13.2 Å². The smallest absolute Gasteiger partial charge is 0.274 e. The van der Waals surface area contributed by atoms with Gasteiger partial charge in [-0.25, -0.2) is 4.31 Å². The predicted molar refractivity (Wildman–Crippen MR) is 43.6 cm³/mol. The lowest BCUT2D eigenvalue weighted by Gasteiger charge is -2.20. The van der Waals surface area contributed by atoms with Crippen LogP contribution in [-0.4, -0.2) is 43.6 Å². The molecule has 0 aromatic heterocycles. The minimum Gasteiger partial charge on any atom is -0.274 e. The van der Waals surface area contributed by atoms with Crippen LogP contribution in [0.25, 0.3) is 0 Å². The van der Waals surface area contributed by atoms with Crippen LogP contribution in [0.4, 0.5) is 0 Å². The largest absolute Gasteiger partial charge is 0.305 e. The van der Waals surface area contributed by atoms with Crippen LogP contribution in [0, 0.1) is 0 Å². The average molecular weight is 192 g/mol.